The Hall–Kier alpha value is -3.79. The van der Waals surface area contributed by atoms with Gasteiger partial charge in [0.2, 0.25) is 0 Å². The molecule has 0 spiro atoms. The van der Waals surface area contributed by atoms with E-state index in [1.807, 2.05) is 30.3 Å². The molecule has 10 heteroatoms. The van der Waals surface area contributed by atoms with Crippen LogP contribution in [0.15, 0.2) is 42.5 Å². The molecule has 0 heterocycles. The molecular weight excluding hydrogens is 420 g/mol. The van der Waals surface area contributed by atoms with Gasteiger partial charge in [-0.25, -0.2) is 4.79 Å². The molecule has 0 aliphatic rings. The maximum atomic E-state index is 12.8. The van der Waals surface area contributed by atoms with Gasteiger partial charge in [-0.3, -0.25) is 9.59 Å². The van der Waals surface area contributed by atoms with Crippen LogP contribution < -0.4 is 25.3 Å². The largest absolute Gasteiger partial charge is 0.493 e. The average Bonchev–Trinajstić information content (AvgIpc) is 2.76. The van der Waals surface area contributed by atoms with Crippen molar-refractivity contribution >= 4 is 17.8 Å². The minimum absolute atomic E-state index is 0.0498. The predicted octanol–water partition coefficient (Wildman–Crippen LogP) is 1.31. The van der Waals surface area contributed by atoms with Gasteiger partial charge in [0, 0.05) is 18.2 Å². The zero-order valence-corrected chi connectivity index (χ0v) is 17.7. The summed E-state index contributed by atoms with van der Waals surface area (Å²) in [5.41, 5.74) is 7.13. The van der Waals surface area contributed by atoms with E-state index < -0.39 is 30.3 Å². The highest BCUT2D eigenvalue weighted by molar-refractivity contribution is 6.00. The van der Waals surface area contributed by atoms with Crippen LogP contribution in [-0.4, -0.2) is 61.0 Å². The third-order valence-corrected chi connectivity index (χ3v) is 4.51. The fraction of sp³-hybridized carbons (Fsp3) is 0.318. The van der Waals surface area contributed by atoms with Gasteiger partial charge in [0.25, 0.3) is 5.91 Å². The quantitative estimate of drug-likeness (QED) is 0.377. The van der Waals surface area contributed by atoms with Gasteiger partial charge in [0.1, 0.15) is 18.4 Å². The van der Waals surface area contributed by atoms with Crippen molar-refractivity contribution in [3.63, 3.8) is 0 Å². The van der Waals surface area contributed by atoms with Gasteiger partial charge in [-0.05, 0) is 12.0 Å². The first-order valence-electron chi connectivity index (χ1n) is 9.69. The van der Waals surface area contributed by atoms with Crippen LogP contribution in [0.25, 0.3) is 0 Å². The van der Waals surface area contributed by atoms with Gasteiger partial charge < -0.3 is 35.5 Å². The molecule has 0 unspecified atom stereocenters. The number of hydrogen-bond acceptors (Lipinski definition) is 7. The second kappa shape index (κ2) is 11.6. The van der Waals surface area contributed by atoms with E-state index in [1.54, 1.807) is 0 Å². The fourth-order valence-electron chi connectivity index (χ4n) is 2.94. The van der Waals surface area contributed by atoms with E-state index in [9.17, 15) is 19.5 Å². The van der Waals surface area contributed by atoms with Crippen LogP contribution in [0.2, 0.25) is 0 Å². The number of carbonyl (C=O) groups excluding carboxylic acids is 1. The maximum Gasteiger partial charge on any atom is 0.326 e. The van der Waals surface area contributed by atoms with Crippen LogP contribution >= 0.6 is 0 Å². The van der Waals surface area contributed by atoms with E-state index in [2.05, 4.69) is 5.32 Å². The van der Waals surface area contributed by atoms with Crippen LogP contribution in [-0.2, 0) is 16.0 Å². The Morgan fingerprint density at radius 2 is 1.62 bits per heavy atom. The highest BCUT2D eigenvalue weighted by Gasteiger charge is 2.26. The number of amides is 1. The lowest BCUT2D eigenvalue weighted by Gasteiger charge is -2.19. The van der Waals surface area contributed by atoms with Crippen molar-refractivity contribution in [2.75, 3.05) is 20.8 Å². The molecular formula is C22H26N2O8. The Kier molecular flexibility index (Phi) is 8.84. The van der Waals surface area contributed by atoms with Crippen LogP contribution in [0, 0.1) is 0 Å². The zero-order valence-electron chi connectivity index (χ0n) is 17.7. The minimum atomic E-state index is -1.62. The predicted molar refractivity (Wildman–Crippen MR) is 114 cm³/mol. The summed E-state index contributed by atoms with van der Waals surface area (Å²) in [4.78, 5) is 35.0. The first-order chi connectivity index (χ1) is 15.2. The van der Waals surface area contributed by atoms with Crippen molar-refractivity contribution < 1.29 is 38.8 Å². The molecule has 10 nitrogen and oxygen atoms in total. The van der Waals surface area contributed by atoms with E-state index in [0.29, 0.717) is 6.42 Å². The molecule has 5 N–H and O–H groups in total. The summed E-state index contributed by atoms with van der Waals surface area (Å²) in [5, 5.41) is 20.3. The summed E-state index contributed by atoms with van der Waals surface area (Å²) in [6.07, 6.45) is -0.248. The first-order valence-corrected chi connectivity index (χ1v) is 9.69. The number of methoxy groups -OCH3 is 2. The lowest BCUT2D eigenvalue weighted by molar-refractivity contribution is -0.145. The van der Waals surface area contributed by atoms with Gasteiger partial charge in [0.15, 0.2) is 11.5 Å². The van der Waals surface area contributed by atoms with Gasteiger partial charge in [-0.1, -0.05) is 30.3 Å². The molecule has 2 aromatic carbocycles. The van der Waals surface area contributed by atoms with Crippen molar-refractivity contribution in [1.29, 1.82) is 0 Å². The summed E-state index contributed by atoms with van der Waals surface area (Å²) in [7, 11) is 2.79. The number of carbonyl (C=O) groups is 3. The summed E-state index contributed by atoms with van der Waals surface area (Å²) >= 11 is 0. The van der Waals surface area contributed by atoms with Gasteiger partial charge in [-0.15, -0.1) is 0 Å². The second-order valence-electron chi connectivity index (χ2n) is 6.93. The third-order valence-electron chi connectivity index (χ3n) is 4.51. The molecule has 0 fully saturated rings. The standard InChI is InChI=1S/C22H26N2O8/c1-30-18-9-15(21(27)24-16(22(28)29)10-20(25)26)17(11-19(18)31-2)32-12-14(23)8-13-6-4-3-5-7-13/h3-7,9,11,14,16H,8,10,12,23H2,1-2H3,(H,24,27)(H,25,26)(H,28,29)/t14-,16+/m1/s1. The van der Waals surface area contributed by atoms with Crippen molar-refractivity contribution in [3.05, 3.63) is 53.6 Å². The zero-order chi connectivity index (χ0) is 23.7. The van der Waals surface area contributed by atoms with Gasteiger partial charge >= 0.3 is 11.9 Å². The minimum Gasteiger partial charge on any atom is -0.493 e. The summed E-state index contributed by atoms with van der Waals surface area (Å²) < 4.78 is 16.2. The van der Waals surface area contributed by atoms with Gasteiger partial charge in [-0.2, -0.15) is 0 Å². The SMILES string of the molecule is COc1cc(OC[C@H](N)Cc2ccccc2)c(C(=O)N[C@@H](CC(=O)O)C(=O)O)cc1OC. The molecule has 1 amide bonds. The smallest absolute Gasteiger partial charge is 0.326 e. The Balaban J connectivity index is 2.25. The molecule has 0 saturated carbocycles. The molecule has 0 bridgehead atoms. The van der Waals surface area contributed by atoms with E-state index in [1.165, 1.54) is 26.4 Å². The van der Waals surface area contributed by atoms with Crippen molar-refractivity contribution in [3.8, 4) is 17.2 Å². The van der Waals surface area contributed by atoms with E-state index in [-0.39, 0.29) is 35.5 Å². The number of rotatable bonds is 12. The molecule has 32 heavy (non-hydrogen) atoms. The van der Waals surface area contributed by atoms with E-state index in [4.69, 9.17) is 25.1 Å². The molecule has 0 aromatic heterocycles. The van der Waals surface area contributed by atoms with Crippen LogP contribution in [0.1, 0.15) is 22.3 Å². The Bertz CT molecular complexity index is 948. The number of carboxylic acid groups (broad SMARTS) is 2. The first kappa shape index (κ1) is 24.5. The van der Waals surface area contributed by atoms with Crippen molar-refractivity contribution in [2.45, 2.75) is 24.9 Å². The Morgan fingerprint density at radius 1 is 1.00 bits per heavy atom. The van der Waals surface area contributed by atoms with Crippen LogP contribution in [0.4, 0.5) is 0 Å². The highest BCUT2D eigenvalue weighted by Crippen LogP contribution is 2.35. The molecule has 2 rings (SSSR count). The molecule has 172 valence electrons. The number of benzene rings is 2. The molecule has 0 radical (unpaired) electrons. The molecule has 0 saturated heterocycles. The average molecular weight is 446 g/mol. The Labute approximate surface area is 184 Å². The van der Waals surface area contributed by atoms with Crippen molar-refractivity contribution in [1.82, 2.24) is 5.32 Å². The molecule has 2 aromatic rings. The number of nitrogens with two attached hydrogens (primary N) is 1. The number of nitrogens with one attached hydrogen (secondary N) is 1. The van der Waals surface area contributed by atoms with Crippen LogP contribution in [0.3, 0.4) is 0 Å². The lowest BCUT2D eigenvalue weighted by atomic mass is 10.1. The monoisotopic (exact) mass is 446 g/mol. The summed E-state index contributed by atoms with van der Waals surface area (Å²) in [6, 6.07) is 10.3. The van der Waals surface area contributed by atoms with Gasteiger partial charge in [0.05, 0.1) is 26.2 Å². The highest BCUT2D eigenvalue weighted by atomic mass is 16.5. The fourth-order valence-corrected chi connectivity index (χ4v) is 2.94. The van der Waals surface area contributed by atoms with Crippen molar-refractivity contribution in [2.24, 2.45) is 5.73 Å². The third kappa shape index (κ3) is 6.88. The topological polar surface area (TPSA) is 157 Å². The van der Waals surface area contributed by atoms with E-state index >= 15 is 0 Å². The van der Waals surface area contributed by atoms with E-state index in [0.717, 1.165) is 5.56 Å². The molecule has 2 atom stereocenters. The summed E-state index contributed by atoms with van der Waals surface area (Å²) in [5.74, 6) is -3.10. The number of ether oxygens (including phenoxy) is 3. The molecule has 0 aliphatic heterocycles. The number of aliphatic carboxylic acids is 2. The maximum absolute atomic E-state index is 12.8. The second-order valence-corrected chi connectivity index (χ2v) is 6.93. The lowest BCUT2D eigenvalue weighted by Crippen LogP contribution is -2.42. The normalized spacial score (nSPS) is 12.3. The Morgan fingerprint density at radius 3 is 2.19 bits per heavy atom. The van der Waals surface area contributed by atoms with Crippen LogP contribution in [0.5, 0.6) is 17.2 Å². The number of hydrogen-bond donors (Lipinski definition) is 4. The number of carboxylic acids is 2. The summed E-state index contributed by atoms with van der Waals surface area (Å²) in [6.45, 7) is 0.0577. The molecule has 0 aliphatic carbocycles.